The fourth-order valence-electron chi connectivity index (χ4n) is 3.84. The number of nitrogens with zero attached hydrogens (tertiary/aromatic N) is 4. The second-order valence-corrected chi connectivity index (χ2v) is 8.27. The molecule has 0 aliphatic carbocycles. The van der Waals surface area contributed by atoms with Gasteiger partial charge in [0, 0.05) is 35.5 Å². The van der Waals surface area contributed by atoms with Crippen LogP contribution < -0.4 is 10.9 Å². The number of aromatic amines is 1. The quantitative estimate of drug-likeness (QED) is 0.373. The summed E-state index contributed by atoms with van der Waals surface area (Å²) in [6.45, 7) is 2.64. The number of aromatic nitrogens is 5. The minimum Gasteiger partial charge on any atom is -0.363 e. The highest BCUT2D eigenvalue weighted by atomic mass is 35.5. The van der Waals surface area contributed by atoms with Crippen LogP contribution in [0.5, 0.6) is 0 Å². The monoisotopic (exact) mass is 456 g/mol. The van der Waals surface area contributed by atoms with E-state index in [1.807, 2.05) is 55.8 Å². The van der Waals surface area contributed by atoms with Crippen LogP contribution in [0.15, 0.2) is 84.3 Å². The molecule has 4 aromatic heterocycles. The molecule has 0 aliphatic heterocycles. The van der Waals surface area contributed by atoms with E-state index in [2.05, 4.69) is 42.0 Å². The summed E-state index contributed by atoms with van der Waals surface area (Å²) >= 11 is 6.06. The van der Waals surface area contributed by atoms with Crippen molar-refractivity contribution in [2.24, 2.45) is 0 Å². The zero-order valence-electron chi connectivity index (χ0n) is 17.9. The predicted molar refractivity (Wildman–Crippen MR) is 130 cm³/mol. The molecule has 5 rings (SSSR count). The van der Waals surface area contributed by atoms with E-state index in [1.54, 1.807) is 12.3 Å². The van der Waals surface area contributed by atoms with E-state index < -0.39 is 0 Å². The lowest BCUT2D eigenvalue weighted by Crippen LogP contribution is -2.20. The Bertz CT molecular complexity index is 1480. The lowest BCUT2D eigenvalue weighted by atomic mass is 10.1. The zero-order chi connectivity index (χ0) is 22.8. The van der Waals surface area contributed by atoms with Crippen molar-refractivity contribution >= 4 is 28.5 Å². The van der Waals surface area contributed by atoms with Gasteiger partial charge in [-0.1, -0.05) is 41.9 Å². The van der Waals surface area contributed by atoms with Crippen molar-refractivity contribution in [1.29, 1.82) is 0 Å². The minimum atomic E-state index is -0.283. The normalized spacial score (nSPS) is 12.1. The van der Waals surface area contributed by atoms with Gasteiger partial charge in [0.05, 0.1) is 29.3 Å². The largest absolute Gasteiger partial charge is 0.363 e. The topological polar surface area (TPSA) is 88.5 Å². The predicted octanol–water partition coefficient (Wildman–Crippen LogP) is 5.06. The summed E-state index contributed by atoms with van der Waals surface area (Å²) in [5.41, 5.74) is 4.05. The van der Waals surface area contributed by atoms with Crippen molar-refractivity contribution in [3.05, 3.63) is 106 Å². The van der Waals surface area contributed by atoms with Gasteiger partial charge in [0.15, 0.2) is 0 Å². The van der Waals surface area contributed by atoms with Gasteiger partial charge >= 0.3 is 0 Å². The maximum atomic E-state index is 12.6. The summed E-state index contributed by atoms with van der Waals surface area (Å²) in [5, 5.41) is 4.63. The Kier molecular flexibility index (Phi) is 5.62. The molecule has 0 amide bonds. The first kappa shape index (κ1) is 20.9. The highest BCUT2D eigenvalue weighted by molar-refractivity contribution is 6.31. The average Bonchev–Trinajstić information content (AvgIpc) is 3.28. The molecule has 0 aliphatic rings. The molecule has 2 N–H and O–H groups in total. The van der Waals surface area contributed by atoms with Crippen LogP contribution in [0.3, 0.4) is 0 Å². The average molecular weight is 457 g/mol. The fourth-order valence-corrected chi connectivity index (χ4v) is 4.01. The van der Waals surface area contributed by atoms with E-state index in [-0.39, 0.29) is 11.6 Å². The van der Waals surface area contributed by atoms with Crippen LogP contribution in [-0.4, -0.2) is 24.5 Å². The number of anilines is 1. The van der Waals surface area contributed by atoms with Gasteiger partial charge in [-0.3, -0.25) is 4.79 Å². The second kappa shape index (κ2) is 8.88. The number of nitrogens with one attached hydrogen (secondary N) is 2. The third-order valence-electron chi connectivity index (χ3n) is 5.48. The first-order valence-electron chi connectivity index (χ1n) is 10.5. The highest BCUT2D eigenvalue weighted by Gasteiger charge is 2.14. The molecule has 5 aromatic rings. The molecule has 0 radical (unpaired) electrons. The van der Waals surface area contributed by atoms with E-state index in [0.29, 0.717) is 22.1 Å². The van der Waals surface area contributed by atoms with Gasteiger partial charge in [0.1, 0.15) is 11.5 Å². The van der Waals surface area contributed by atoms with Crippen LogP contribution in [0.2, 0.25) is 5.02 Å². The first-order chi connectivity index (χ1) is 16.1. The van der Waals surface area contributed by atoms with Crippen LogP contribution in [0.4, 0.5) is 5.82 Å². The number of hydrogen-bond donors (Lipinski definition) is 2. The molecule has 0 spiro atoms. The van der Waals surface area contributed by atoms with Gasteiger partial charge < -0.3 is 14.9 Å². The molecule has 0 saturated heterocycles. The number of pyridine rings is 3. The number of hydrogen-bond acceptors (Lipinski definition) is 5. The minimum absolute atomic E-state index is 0.200. The fraction of sp³-hybridized carbons (Fsp3) is 0.120. The third kappa shape index (κ3) is 4.49. The van der Waals surface area contributed by atoms with Crippen LogP contribution >= 0.6 is 11.6 Å². The van der Waals surface area contributed by atoms with Crippen molar-refractivity contribution < 1.29 is 0 Å². The van der Waals surface area contributed by atoms with E-state index in [4.69, 9.17) is 11.6 Å². The van der Waals surface area contributed by atoms with Gasteiger partial charge in [-0.15, -0.1) is 0 Å². The molecule has 0 saturated carbocycles. The Labute approximate surface area is 195 Å². The summed E-state index contributed by atoms with van der Waals surface area (Å²) < 4.78 is 2.10. The number of imidazole rings is 1. The van der Waals surface area contributed by atoms with Crippen molar-refractivity contribution in [3.8, 4) is 11.3 Å². The van der Waals surface area contributed by atoms with Gasteiger partial charge in [-0.2, -0.15) is 0 Å². The van der Waals surface area contributed by atoms with E-state index in [1.165, 1.54) is 11.8 Å². The summed E-state index contributed by atoms with van der Waals surface area (Å²) in [4.78, 5) is 28.4. The molecule has 7 nitrogen and oxygen atoms in total. The molecule has 1 unspecified atom stereocenters. The van der Waals surface area contributed by atoms with Gasteiger partial charge in [-0.05, 0) is 36.8 Å². The third-order valence-corrected chi connectivity index (χ3v) is 5.69. The van der Waals surface area contributed by atoms with Gasteiger partial charge in [0.2, 0.25) is 0 Å². The van der Waals surface area contributed by atoms with Gasteiger partial charge in [0.25, 0.3) is 5.56 Å². The smallest absolute Gasteiger partial charge is 0.254 e. The van der Waals surface area contributed by atoms with Crippen LogP contribution in [0.1, 0.15) is 24.1 Å². The Balaban J connectivity index is 1.41. The maximum Gasteiger partial charge on any atom is 0.254 e. The van der Waals surface area contributed by atoms with Crippen molar-refractivity contribution in [2.45, 2.75) is 19.5 Å². The molecule has 1 atom stereocenters. The Hall–Kier alpha value is -3.97. The molecule has 0 fully saturated rings. The molecule has 1 aromatic carbocycles. The summed E-state index contributed by atoms with van der Waals surface area (Å²) in [5.74, 6) is 0.663. The molecule has 8 heteroatoms. The summed E-state index contributed by atoms with van der Waals surface area (Å²) in [7, 11) is 0. The Morgan fingerprint density at radius 1 is 1.09 bits per heavy atom. The number of halogens is 1. The molecule has 4 heterocycles. The van der Waals surface area contributed by atoms with Crippen LogP contribution in [0.25, 0.3) is 22.3 Å². The zero-order valence-corrected chi connectivity index (χ0v) is 18.6. The Morgan fingerprint density at radius 2 is 1.94 bits per heavy atom. The molecule has 0 bridgehead atoms. The van der Waals surface area contributed by atoms with Crippen LogP contribution in [0, 0.1) is 0 Å². The number of H-pyrrole nitrogens is 1. The van der Waals surface area contributed by atoms with Crippen molar-refractivity contribution in [2.75, 3.05) is 5.32 Å². The molecular weight excluding hydrogens is 436 g/mol. The lowest BCUT2D eigenvalue weighted by Gasteiger charge is -2.16. The van der Waals surface area contributed by atoms with E-state index >= 15 is 0 Å². The van der Waals surface area contributed by atoms with E-state index in [0.717, 1.165) is 23.2 Å². The van der Waals surface area contributed by atoms with Crippen LogP contribution in [-0.2, 0) is 6.54 Å². The number of rotatable bonds is 6. The lowest BCUT2D eigenvalue weighted by molar-refractivity contribution is 0.804. The standard InChI is InChI=1S/C25H21ClN6O/c1-16(21-10-19-9-20(26)12-29-24(19)31-25(21)33)30-23-11-18(7-8-28-23)22-13-27-15-32(22)14-17-5-3-2-4-6-17/h2-13,15-16H,14H2,1H3,(H,28,30)(H,29,31,33). The number of fused-ring (bicyclic) bond motifs is 1. The van der Waals surface area contributed by atoms with E-state index in [9.17, 15) is 4.79 Å². The first-order valence-corrected chi connectivity index (χ1v) is 10.9. The number of benzene rings is 1. The summed E-state index contributed by atoms with van der Waals surface area (Å²) in [6, 6.07) is 17.5. The SMILES string of the molecule is CC(Nc1cc(-c2cncn2Cc2ccccc2)ccn1)c1cc2cc(Cl)cnc2[nH]c1=O. The van der Waals surface area contributed by atoms with Crippen molar-refractivity contribution in [1.82, 2.24) is 24.5 Å². The molecular formula is C25H21ClN6O. The molecule has 33 heavy (non-hydrogen) atoms. The Morgan fingerprint density at radius 3 is 2.79 bits per heavy atom. The molecule has 164 valence electrons. The van der Waals surface area contributed by atoms with Crippen molar-refractivity contribution in [3.63, 3.8) is 0 Å². The maximum absolute atomic E-state index is 12.6. The second-order valence-electron chi connectivity index (χ2n) is 7.83. The summed E-state index contributed by atoms with van der Waals surface area (Å²) in [6.07, 6.45) is 6.93. The highest BCUT2D eigenvalue weighted by Crippen LogP contribution is 2.25. The van der Waals surface area contributed by atoms with Gasteiger partial charge in [-0.25, -0.2) is 15.0 Å².